The molecule has 1 unspecified atom stereocenters. The van der Waals surface area contributed by atoms with Crippen LogP contribution in [0, 0.1) is 5.82 Å². The van der Waals surface area contributed by atoms with Crippen LogP contribution in [-0.4, -0.2) is 35.1 Å². The van der Waals surface area contributed by atoms with E-state index in [9.17, 15) is 9.50 Å². The van der Waals surface area contributed by atoms with E-state index in [2.05, 4.69) is 29.1 Å². The fourth-order valence-electron chi connectivity index (χ4n) is 2.78. The first-order valence-corrected chi connectivity index (χ1v) is 11.0. The van der Waals surface area contributed by atoms with Crippen molar-refractivity contribution in [3.8, 4) is 11.3 Å². The number of aromatic amines is 1. The van der Waals surface area contributed by atoms with Crippen LogP contribution in [0.5, 0.6) is 0 Å². The van der Waals surface area contributed by atoms with Crippen molar-refractivity contribution in [2.24, 2.45) is 4.99 Å². The van der Waals surface area contributed by atoms with Gasteiger partial charge in [0, 0.05) is 28.7 Å². The van der Waals surface area contributed by atoms with Crippen LogP contribution in [0.1, 0.15) is 53.5 Å². The van der Waals surface area contributed by atoms with Gasteiger partial charge in [-0.1, -0.05) is 60.1 Å². The summed E-state index contributed by atoms with van der Waals surface area (Å²) in [6.07, 6.45) is 0.832. The molecule has 1 aliphatic heterocycles. The van der Waals surface area contributed by atoms with Crippen LogP contribution in [0.4, 0.5) is 4.39 Å². The molecule has 1 atom stereocenters. The van der Waals surface area contributed by atoms with Crippen molar-refractivity contribution in [3.63, 3.8) is 0 Å². The fraction of sp³-hybridized carbons (Fsp3) is 0.400. The predicted octanol–water partition coefficient (Wildman–Crippen LogP) is 6.15. The molecule has 0 saturated carbocycles. The van der Waals surface area contributed by atoms with Crippen molar-refractivity contribution in [3.05, 3.63) is 59.9 Å². The number of benzene rings is 2. The van der Waals surface area contributed by atoms with E-state index in [1.165, 1.54) is 18.6 Å². The SMILES string of the molecule is CC.CC.CCC.OC1CN=C(c2ccc3cc(-c4ccc(F)cc4)[nH]c3c2)NC1. The summed E-state index contributed by atoms with van der Waals surface area (Å²) in [5.74, 6) is 0.561. The lowest BCUT2D eigenvalue weighted by Gasteiger charge is -2.19. The summed E-state index contributed by atoms with van der Waals surface area (Å²) in [4.78, 5) is 7.73. The van der Waals surface area contributed by atoms with Crippen molar-refractivity contribution >= 4 is 16.7 Å². The van der Waals surface area contributed by atoms with Crippen LogP contribution in [-0.2, 0) is 0 Å². The molecule has 1 aliphatic rings. The average Bonchev–Trinajstić information content (AvgIpc) is 3.21. The molecule has 0 bridgehead atoms. The highest BCUT2D eigenvalue weighted by Crippen LogP contribution is 2.25. The Morgan fingerprint density at radius 1 is 0.967 bits per heavy atom. The van der Waals surface area contributed by atoms with Crippen LogP contribution in [0.2, 0.25) is 0 Å². The van der Waals surface area contributed by atoms with E-state index in [0.717, 1.165) is 33.6 Å². The number of hydrogen-bond acceptors (Lipinski definition) is 3. The highest BCUT2D eigenvalue weighted by Gasteiger charge is 2.14. The number of aromatic nitrogens is 1. The largest absolute Gasteiger partial charge is 0.389 e. The number of rotatable bonds is 2. The Morgan fingerprint density at radius 3 is 2.13 bits per heavy atom. The highest BCUT2D eigenvalue weighted by molar-refractivity contribution is 6.02. The van der Waals surface area contributed by atoms with Gasteiger partial charge in [0.25, 0.3) is 0 Å². The first-order chi connectivity index (χ1) is 14.6. The average molecular weight is 414 g/mol. The molecule has 4 rings (SSSR count). The minimum atomic E-state index is -0.418. The Balaban J connectivity index is 0.000000579. The Labute approximate surface area is 180 Å². The minimum Gasteiger partial charge on any atom is -0.389 e. The van der Waals surface area contributed by atoms with Crippen molar-refractivity contribution in [2.75, 3.05) is 13.1 Å². The summed E-state index contributed by atoms with van der Waals surface area (Å²) in [7, 11) is 0. The summed E-state index contributed by atoms with van der Waals surface area (Å²) in [6.45, 7) is 13.2. The molecule has 0 aliphatic carbocycles. The molecule has 0 radical (unpaired) electrons. The third-order valence-corrected chi connectivity index (χ3v) is 4.02. The number of β-amino-alcohol motifs (C(OH)–C–C–N with tert-alkyl or cyclic N) is 1. The smallest absolute Gasteiger partial charge is 0.128 e. The number of halogens is 1. The van der Waals surface area contributed by atoms with Gasteiger partial charge >= 0.3 is 0 Å². The number of aliphatic hydroxyl groups excluding tert-OH is 1. The lowest BCUT2D eigenvalue weighted by molar-refractivity contribution is 0.181. The van der Waals surface area contributed by atoms with E-state index in [1.54, 1.807) is 12.1 Å². The molecule has 2 aromatic carbocycles. The zero-order valence-corrected chi connectivity index (χ0v) is 19.1. The normalized spacial score (nSPS) is 14.7. The van der Waals surface area contributed by atoms with E-state index < -0.39 is 6.10 Å². The standard InChI is InChI=1S/C18H16FN3O.C3H8.2C2H6/c19-14-5-3-11(4-6-14)16-7-12-1-2-13(8-17(12)22-16)18-20-9-15(23)10-21-18;1-3-2;2*1-2/h1-8,15,22-23H,9-10H2,(H,20,21);3H2,1-2H3;2*1-2H3. The second kappa shape index (κ2) is 13.5. The lowest BCUT2D eigenvalue weighted by Crippen LogP contribution is -2.39. The Bertz CT molecular complexity index is 900. The van der Waals surface area contributed by atoms with Crippen molar-refractivity contribution < 1.29 is 9.50 Å². The molecular formula is C25H36FN3O. The molecule has 0 fully saturated rings. The quantitative estimate of drug-likeness (QED) is 0.472. The Hall–Kier alpha value is -2.66. The molecule has 0 spiro atoms. The summed E-state index contributed by atoms with van der Waals surface area (Å²) >= 11 is 0. The fourth-order valence-corrected chi connectivity index (χ4v) is 2.78. The maximum absolute atomic E-state index is 13.0. The van der Waals surface area contributed by atoms with Gasteiger partial charge in [-0.2, -0.15) is 0 Å². The Kier molecular flexibility index (Phi) is 11.5. The van der Waals surface area contributed by atoms with Crippen molar-refractivity contribution in [2.45, 2.75) is 54.1 Å². The number of nitrogens with zero attached hydrogens (tertiary/aromatic N) is 1. The van der Waals surface area contributed by atoms with Crippen LogP contribution >= 0.6 is 0 Å². The Morgan fingerprint density at radius 2 is 1.57 bits per heavy atom. The maximum atomic E-state index is 13.0. The number of H-pyrrole nitrogens is 1. The van der Waals surface area contributed by atoms with E-state index in [4.69, 9.17) is 0 Å². The summed E-state index contributed by atoms with van der Waals surface area (Å²) in [6, 6.07) is 14.6. The third kappa shape index (κ3) is 6.99. The van der Waals surface area contributed by atoms with Gasteiger partial charge in [0.1, 0.15) is 11.7 Å². The molecule has 1 aromatic heterocycles. The van der Waals surface area contributed by atoms with E-state index in [1.807, 2.05) is 52.0 Å². The first kappa shape index (κ1) is 25.4. The van der Waals surface area contributed by atoms with Crippen molar-refractivity contribution in [1.29, 1.82) is 0 Å². The molecule has 3 N–H and O–H groups in total. The van der Waals surface area contributed by atoms with Crippen LogP contribution in [0.3, 0.4) is 0 Å². The first-order valence-electron chi connectivity index (χ1n) is 11.0. The summed E-state index contributed by atoms with van der Waals surface area (Å²) in [5.41, 5.74) is 3.88. The molecule has 0 saturated heterocycles. The van der Waals surface area contributed by atoms with Gasteiger partial charge in [-0.05, 0) is 42.0 Å². The monoisotopic (exact) mass is 413 g/mol. The summed E-state index contributed by atoms with van der Waals surface area (Å²) in [5, 5.41) is 13.7. The molecule has 0 amide bonds. The molecule has 164 valence electrons. The summed E-state index contributed by atoms with van der Waals surface area (Å²) < 4.78 is 13.0. The second-order valence-electron chi connectivity index (χ2n) is 6.42. The highest BCUT2D eigenvalue weighted by atomic mass is 19.1. The number of nitrogens with one attached hydrogen (secondary N) is 2. The minimum absolute atomic E-state index is 0.240. The molecule has 2 heterocycles. The molecule has 4 nitrogen and oxygen atoms in total. The van der Waals surface area contributed by atoms with Gasteiger partial charge in [-0.25, -0.2) is 4.39 Å². The molecule has 3 aromatic rings. The topological polar surface area (TPSA) is 60.4 Å². The van der Waals surface area contributed by atoms with Gasteiger partial charge in [0.05, 0.1) is 12.6 Å². The molecule has 5 heteroatoms. The zero-order valence-electron chi connectivity index (χ0n) is 19.1. The second-order valence-corrected chi connectivity index (χ2v) is 6.42. The van der Waals surface area contributed by atoms with E-state index >= 15 is 0 Å². The van der Waals surface area contributed by atoms with Gasteiger partial charge in [-0.3, -0.25) is 4.99 Å². The molecular weight excluding hydrogens is 377 g/mol. The predicted molar refractivity (Wildman–Crippen MR) is 128 cm³/mol. The van der Waals surface area contributed by atoms with E-state index in [0.29, 0.717) is 13.1 Å². The third-order valence-electron chi connectivity index (χ3n) is 4.02. The number of amidine groups is 1. The number of fused-ring (bicyclic) bond motifs is 1. The van der Waals surface area contributed by atoms with Crippen LogP contribution in [0.15, 0.2) is 53.5 Å². The zero-order chi connectivity index (χ0) is 22.5. The van der Waals surface area contributed by atoms with Gasteiger partial charge in [0.15, 0.2) is 0 Å². The number of aliphatic imine (C=N–C) groups is 1. The van der Waals surface area contributed by atoms with E-state index in [-0.39, 0.29) is 5.82 Å². The van der Waals surface area contributed by atoms with Gasteiger partial charge in [0.2, 0.25) is 0 Å². The number of aliphatic hydroxyl groups is 1. The van der Waals surface area contributed by atoms with Gasteiger partial charge < -0.3 is 15.4 Å². The van der Waals surface area contributed by atoms with Crippen LogP contribution in [0.25, 0.3) is 22.2 Å². The molecule has 30 heavy (non-hydrogen) atoms. The van der Waals surface area contributed by atoms with Crippen molar-refractivity contribution in [1.82, 2.24) is 10.3 Å². The number of hydrogen-bond donors (Lipinski definition) is 3. The van der Waals surface area contributed by atoms with Crippen LogP contribution < -0.4 is 5.32 Å². The maximum Gasteiger partial charge on any atom is 0.128 e. The van der Waals surface area contributed by atoms with Gasteiger partial charge in [-0.15, -0.1) is 0 Å². The lowest BCUT2D eigenvalue weighted by atomic mass is 10.1.